The van der Waals surface area contributed by atoms with Gasteiger partial charge < -0.3 is 25.4 Å². The summed E-state index contributed by atoms with van der Waals surface area (Å²) in [6, 6.07) is 20.5. The molecule has 1 fully saturated rings. The number of carbonyl (C=O) groups excluding carboxylic acids is 3. The minimum atomic E-state index is -0.829. The van der Waals surface area contributed by atoms with E-state index >= 15 is 0 Å². The number of ether oxygens (including phenoxy) is 2. The van der Waals surface area contributed by atoms with Crippen LogP contribution in [-0.2, 0) is 19.1 Å². The smallest absolute Gasteiger partial charge is 0.328 e. The number of para-hydroxylation sites is 1. The summed E-state index contributed by atoms with van der Waals surface area (Å²) >= 11 is 1.64. The fourth-order valence-corrected chi connectivity index (χ4v) is 6.44. The SMILES string of the molecule is CC(C)C[C@H](NC(=O)c1ccc2c(c1)Nc1ccccc1S2)C(=O)N[C@@H](c1ccccc1)[C@@H](C(=O)OC1CCCO1)N(C)C. The second kappa shape index (κ2) is 14.3. The van der Waals surface area contributed by atoms with Gasteiger partial charge in [-0.3, -0.25) is 19.3 Å². The molecule has 1 saturated heterocycles. The molecule has 0 radical (unpaired) electrons. The van der Waals surface area contributed by atoms with Gasteiger partial charge in [0.15, 0.2) is 0 Å². The number of rotatable bonds is 11. The van der Waals surface area contributed by atoms with Crippen LogP contribution in [0.25, 0.3) is 0 Å². The van der Waals surface area contributed by atoms with Gasteiger partial charge in [0.1, 0.15) is 12.1 Å². The highest BCUT2D eigenvalue weighted by Gasteiger charge is 2.37. The molecular formula is C34H40N4O5S. The predicted molar refractivity (Wildman–Crippen MR) is 171 cm³/mol. The van der Waals surface area contributed by atoms with Gasteiger partial charge in [-0.25, -0.2) is 0 Å². The molecule has 0 bridgehead atoms. The van der Waals surface area contributed by atoms with Crippen molar-refractivity contribution in [1.29, 1.82) is 0 Å². The molecule has 0 aromatic heterocycles. The third-order valence-electron chi connectivity index (χ3n) is 7.65. The molecule has 2 heterocycles. The van der Waals surface area contributed by atoms with Gasteiger partial charge in [0.2, 0.25) is 12.2 Å². The third kappa shape index (κ3) is 7.61. The summed E-state index contributed by atoms with van der Waals surface area (Å²) in [5.74, 6) is -1.09. The second-order valence-corrected chi connectivity index (χ2v) is 12.9. The lowest BCUT2D eigenvalue weighted by Crippen LogP contribution is -2.54. The summed E-state index contributed by atoms with van der Waals surface area (Å²) in [7, 11) is 3.55. The van der Waals surface area contributed by atoms with Crippen LogP contribution in [0, 0.1) is 5.92 Å². The molecule has 232 valence electrons. The number of amides is 2. The van der Waals surface area contributed by atoms with E-state index in [4.69, 9.17) is 9.47 Å². The average molecular weight is 617 g/mol. The van der Waals surface area contributed by atoms with Crippen molar-refractivity contribution in [1.82, 2.24) is 15.5 Å². The first kappa shape index (κ1) is 31.6. The Morgan fingerprint density at radius 3 is 2.41 bits per heavy atom. The van der Waals surface area contributed by atoms with E-state index in [1.807, 2.05) is 74.5 Å². The lowest BCUT2D eigenvalue weighted by atomic mass is 9.96. The Balaban J connectivity index is 1.35. The minimum Gasteiger partial charge on any atom is -0.435 e. The zero-order chi connectivity index (χ0) is 31.2. The molecule has 9 nitrogen and oxygen atoms in total. The van der Waals surface area contributed by atoms with Crippen molar-refractivity contribution < 1.29 is 23.9 Å². The van der Waals surface area contributed by atoms with E-state index in [2.05, 4.69) is 22.0 Å². The minimum absolute atomic E-state index is 0.119. The Morgan fingerprint density at radius 1 is 0.977 bits per heavy atom. The zero-order valence-corrected chi connectivity index (χ0v) is 26.4. The standard InChI is InChI=1S/C34H40N4O5S/c1-21(2)19-26(36-32(39)23-16-17-28-25(20-23)35-24-13-8-9-14-27(24)44-28)33(40)37-30(22-11-6-5-7-12-22)31(38(3)4)34(41)43-29-15-10-18-42-29/h5-9,11-14,16-17,20-21,26,29-31,35H,10,15,18-19H2,1-4H3,(H,36,39)(H,37,40)/t26-,29?,30-,31-/m0/s1. The number of benzene rings is 3. The number of nitrogens with zero attached hydrogens (tertiary/aromatic N) is 1. The Morgan fingerprint density at radius 2 is 1.70 bits per heavy atom. The van der Waals surface area contributed by atoms with E-state index in [0.717, 1.165) is 33.2 Å². The number of anilines is 2. The highest BCUT2D eigenvalue weighted by atomic mass is 32.2. The van der Waals surface area contributed by atoms with Crippen molar-refractivity contribution in [3.8, 4) is 0 Å². The lowest BCUT2D eigenvalue weighted by molar-refractivity contribution is -0.176. The maximum atomic E-state index is 14.0. The number of esters is 1. The van der Waals surface area contributed by atoms with Crippen LogP contribution in [0.1, 0.15) is 55.1 Å². The Hall–Kier alpha value is -3.86. The second-order valence-electron chi connectivity index (χ2n) is 11.8. The van der Waals surface area contributed by atoms with Crippen LogP contribution >= 0.6 is 11.8 Å². The fraction of sp³-hybridized carbons (Fsp3) is 0.382. The van der Waals surface area contributed by atoms with Crippen LogP contribution < -0.4 is 16.0 Å². The van der Waals surface area contributed by atoms with Crippen molar-refractivity contribution in [2.24, 2.45) is 5.92 Å². The number of nitrogens with one attached hydrogen (secondary N) is 3. The third-order valence-corrected chi connectivity index (χ3v) is 8.80. The van der Waals surface area contributed by atoms with Gasteiger partial charge in [-0.15, -0.1) is 0 Å². The number of fused-ring (bicyclic) bond motifs is 2. The van der Waals surface area contributed by atoms with E-state index in [9.17, 15) is 14.4 Å². The number of hydrogen-bond acceptors (Lipinski definition) is 8. The molecule has 2 amide bonds. The first-order valence-electron chi connectivity index (χ1n) is 15.0. The van der Waals surface area contributed by atoms with Crippen LogP contribution in [0.4, 0.5) is 11.4 Å². The zero-order valence-electron chi connectivity index (χ0n) is 25.5. The van der Waals surface area contributed by atoms with Crippen LogP contribution in [-0.4, -0.2) is 61.8 Å². The normalized spacial score (nSPS) is 17.5. The molecule has 3 aromatic rings. The predicted octanol–water partition coefficient (Wildman–Crippen LogP) is 5.51. The summed E-state index contributed by atoms with van der Waals surface area (Å²) in [4.78, 5) is 44.9. The van der Waals surface area contributed by atoms with E-state index in [0.29, 0.717) is 25.0 Å². The van der Waals surface area contributed by atoms with Crippen LogP contribution in [0.5, 0.6) is 0 Å². The fourth-order valence-electron chi connectivity index (χ4n) is 5.47. The summed E-state index contributed by atoms with van der Waals surface area (Å²) in [5.41, 5.74) is 3.02. The van der Waals surface area contributed by atoms with Crippen molar-refractivity contribution >= 4 is 40.9 Å². The largest absolute Gasteiger partial charge is 0.435 e. The highest BCUT2D eigenvalue weighted by Crippen LogP contribution is 2.44. The van der Waals surface area contributed by atoms with E-state index in [1.54, 1.807) is 36.8 Å². The van der Waals surface area contributed by atoms with Crippen molar-refractivity contribution in [2.75, 3.05) is 26.0 Å². The van der Waals surface area contributed by atoms with E-state index in [-0.39, 0.29) is 17.7 Å². The summed E-state index contributed by atoms with van der Waals surface area (Å²) in [6.45, 7) is 4.55. The van der Waals surface area contributed by atoms with Crippen molar-refractivity contribution in [2.45, 2.75) is 67.3 Å². The van der Waals surface area contributed by atoms with Gasteiger partial charge in [0.25, 0.3) is 5.91 Å². The quantitative estimate of drug-likeness (QED) is 0.190. The maximum Gasteiger partial charge on any atom is 0.328 e. The molecule has 0 spiro atoms. The molecule has 0 saturated carbocycles. The monoisotopic (exact) mass is 616 g/mol. The Bertz CT molecular complexity index is 1480. The lowest BCUT2D eigenvalue weighted by Gasteiger charge is -2.33. The molecule has 2 aliphatic rings. The Kier molecular flexibility index (Phi) is 10.2. The van der Waals surface area contributed by atoms with Crippen LogP contribution in [0.15, 0.2) is 82.6 Å². The van der Waals surface area contributed by atoms with Crippen LogP contribution in [0.3, 0.4) is 0 Å². The molecule has 4 atom stereocenters. The van der Waals surface area contributed by atoms with Crippen molar-refractivity contribution in [3.63, 3.8) is 0 Å². The highest BCUT2D eigenvalue weighted by molar-refractivity contribution is 7.99. The average Bonchev–Trinajstić information content (AvgIpc) is 3.52. The molecule has 3 N–H and O–H groups in total. The van der Waals surface area contributed by atoms with Gasteiger partial charge in [0, 0.05) is 21.8 Å². The van der Waals surface area contributed by atoms with Gasteiger partial charge in [-0.2, -0.15) is 0 Å². The molecule has 1 unspecified atom stereocenters. The summed E-state index contributed by atoms with van der Waals surface area (Å²) in [5, 5.41) is 9.47. The van der Waals surface area contributed by atoms with Gasteiger partial charge in [0.05, 0.1) is 24.0 Å². The van der Waals surface area contributed by atoms with Gasteiger partial charge >= 0.3 is 5.97 Å². The summed E-state index contributed by atoms with van der Waals surface area (Å²) in [6.07, 6.45) is 1.29. The Labute approximate surface area is 263 Å². The molecule has 2 aliphatic heterocycles. The molecule has 44 heavy (non-hydrogen) atoms. The van der Waals surface area contributed by atoms with E-state index < -0.39 is 30.4 Å². The molecule has 0 aliphatic carbocycles. The molecular weight excluding hydrogens is 576 g/mol. The number of likely N-dealkylation sites (N-methyl/N-ethyl adjacent to an activating group) is 1. The first-order valence-corrected chi connectivity index (χ1v) is 15.8. The van der Waals surface area contributed by atoms with Crippen molar-refractivity contribution in [3.05, 3.63) is 83.9 Å². The topological polar surface area (TPSA) is 109 Å². The van der Waals surface area contributed by atoms with E-state index in [1.165, 1.54) is 0 Å². The number of hydrogen-bond donors (Lipinski definition) is 3. The number of carbonyl (C=O) groups is 3. The maximum absolute atomic E-state index is 14.0. The molecule has 10 heteroatoms. The molecule has 5 rings (SSSR count). The van der Waals surface area contributed by atoms with Crippen LogP contribution in [0.2, 0.25) is 0 Å². The summed E-state index contributed by atoms with van der Waals surface area (Å²) < 4.78 is 11.2. The molecule has 3 aromatic carbocycles. The van der Waals surface area contributed by atoms with Gasteiger partial charge in [-0.05, 0) is 68.8 Å². The first-order chi connectivity index (χ1) is 21.2. The van der Waals surface area contributed by atoms with Gasteiger partial charge in [-0.1, -0.05) is 68.1 Å².